The molecule has 17 heteroatoms. The summed E-state index contributed by atoms with van der Waals surface area (Å²) >= 11 is 0. The first-order valence-corrected chi connectivity index (χ1v) is 18.8. The Hall–Kier alpha value is -8.47. The minimum Gasteiger partial charge on any atom is -0.508 e. The number of aromatic hydroxyl groups is 2. The van der Waals surface area contributed by atoms with E-state index < -0.39 is 65.7 Å². The molecule has 0 aliphatic heterocycles. The molecule has 5 aromatic rings. The fraction of sp³-hybridized carbons (Fsp3) is 0.133. The average molecular weight is 843 g/mol. The predicted octanol–water partition coefficient (Wildman–Crippen LogP) is 5.74. The van der Waals surface area contributed by atoms with Crippen LogP contribution in [-0.4, -0.2) is 68.9 Å². The number of benzene rings is 5. The van der Waals surface area contributed by atoms with E-state index in [0.29, 0.717) is 16.8 Å². The van der Waals surface area contributed by atoms with Gasteiger partial charge in [-0.1, -0.05) is 12.1 Å². The van der Waals surface area contributed by atoms with Gasteiger partial charge in [-0.15, -0.1) is 0 Å². The molecule has 0 aliphatic rings. The fourth-order valence-corrected chi connectivity index (χ4v) is 5.70. The molecule has 0 radical (unpaired) electrons. The molecule has 10 N–H and O–H groups in total. The summed E-state index contributed by atoms with van der Waals surface area (Å²) < 4.78 is 5.77. The topological polar surface area (TPSA) is 276 Å². The number of hydrogen-bond donors (Lipinski definition) is 9. The Morgan fingerprint density at radius 3 is 1.73 bits per heavy atom. The van der Waals surface area contributed by atoms with Crippen molar-refractivity contribution >= 4 is 70.2 Å². The molecule has 62 heavy (non-hydrogen) atoms. The quantitative estimate of drug-likeness (QED) is 0.0540. The zero-order valence-corrected chi connectivity index (χ0v) is 33.5. The summed E-state index contributed by atoms with van der Waals surface area (Å²) in [5.41, 5.74) is 7.47. The van der Waals surface area contributed by atoms with Gasteiger partial charge in [0.25, 0.3) is 23.6 Å². The van der Waals surface area contributed by atoms with Gasteiger partial charge in [0.1, 0.15) is 11.8 Å². The molecule has 0 aliphatic carbocycles. The molecule has 318 valence electrons. The third kappa shape index (κ3) is 12.0. The number of anilines is 4. The summed E-state index contributed by atoms with van der Waals surface area (Å²) in [4.78, 5) is 88.5. The fourth-order valence-electron chi connectivity index (χ4n) is 5.70. The first-order valence-electron chi connectivity index (χ1n) is 18.8. The molecule has 1 atom stereocenters. The normalized spacial score (nSPS) is 11.5. The van der Waals surface area contributed by atoms with E-state index in [4.69, 9.17) is 15.6 Å². The highest BCUT2D eigenvalue weighted by atomic mass is 16.5. The lowest BCUT2D eigenvalue weighted by Crippen LogP contribution is -2.46. The number of carbonyl (C=O) groups excluding carboxylic acids is 6. The van der Waals surface area contributed by atoms with Crippen LogP contribution >= 0.6 is 0 Å². The van der Waals surface area contributed by atoms with E-state index in [2.05, 4.69) is 26.6 Å². The summed E-state index contributed by atoms with van der Waals surface area (Å²) in [5, 5.41) is 42.7. The number of ether oxygens (including phenoxy) is 1. The van der Waals surface area contributed by atoms with Crippen LogP contribution in [0.15, 0.2) is 115 Å². The molecule has 1 unspecified atom stereocenters. The van der Waals surface area contributed by atoms with Crippen LogP contribution in [-0.2, 0) is 14.4 Å². The second kappa shape index (κ2) is 20.0. The number of nitrogens with two attached hydrogens (primary N) is 1. The van der Waals surface area contributed by atoms with Crippen LogP contribution in [0.25, 0.3) is 6.08 Å². The van der Waals surface area contributed by atoms with Crippen molar-refractivity contribution in [1.82, 2.24) is 5.32 Å². The number of carboxylic acid groups (broad SMARTS) is 1. The number of nitrogens with one attached hydrogen (secondary N) is 5. The summed E-state index contributed by atoms with van der Waals surface area (Å²) in [5.74, 6) is -5.87. The predicted molar refractivity (Wildman–Crippen MR) is 230 cm³/mol. The van der Waals surface area contributed by atoms with Gasteiger partial charge in [-0.2, -0.15) is 0 Å². The SMILES string of the molecule is CC(=Cc1ccc(O)cc1)C(=O)Nc1ccc(C(=O)NC(CC(N)=O)C(=O)Nc2ccc(C(=O)Nc3ccc(C(=O)Nc4ccc(C(=O)O)cc4)c(O)c3OC(C)C)cc2)cc1. The summed E-state index contributed by atoms with van der Waals surface area (Å²) in [7, 11) is 0. The molecular formula is C45H42N6O11. The maximum Gasteiger partial charge on any atom is 0.335 e. The van der Waals surface area contributed by atoms with Crippen LogP contribution in [0.5, 0.6) is 17.2 Å². The number of phenolic OH excluding ortho intramolecular Hbond substituents is 2. The van der Waals surface area contributed by atoms with E-state index in [1.54, 1.807) is 39.0 Å². The number of hydrogen-bond acceptors (Lipinski definition) is 10. The molecule has 0 fully saturated rings. The summed E-state index contributed by atoms with van der Waals surface area (Å²) in [6.07, 6.45) is 0.621. The van der Waals surface area contributed by atoms with Gasteiger partial charge < -0.3 is 52.4 Å². The maximum atomic E-state index is 13.3. The minimum absolute atomic E-state index is 0.0202. The van der Waals surface area contributed by atoms with Gasteiger partial charge in [-0.3, -0.25) is 28.8 Å². The molecule has 5 rings (SSSR count). The molecule has 0 saturated carbocycles. The van der Waals surface area contributed by atoms with Gasteiger partial charge in [0, 0.05) is 33.8 Å². The van der Waals surface area contributed by atoms with Crippen LogP contribution in [0.3, 0.4) is 0 Å². The number of carboxylic acids is 1. The van der Waals surface area contributed by atoms with E-state index in [0.717, 1.165) is 0 Å². The Kier molecular flexibility index (Phi) is 14.4. The Bertz CT molecular complexity index is 2540. The summed E-state index contributed by atoms with van der Waals surface area (Å²) in [6, 6.07) is 24.4. The van der Waals surface area contributed by atoms with Crippen molar-refractivity contribution in [3.05, 3.63) is 143 Å². The highest BCUT2D eigenvalue weighted by molar-refractivity contribution is 6.10. The second-order valence-electron chi connectivity index (χ2n) is 14.0. The van der Waals surface area contributed by atoms with Crippen LogP contribution in [0.2, 0.25) is 0 Å². The maximum absolute atomic E-state index is 13.3. The number of carbonyl (C=O) groups is 7. The Morgan fingerprint density at radius 1 is 0.645 bits per heavy atom. The average Bonchev–Trinajstić information content (AvgIpc) is 3.23. The Labute approximate surface area is 354 Å². The van der Waals surface area contributed by atoms with E-state index in [9.17, 15) is 43.8 Å². The number of rotatable bonds is 16. The molecule has 0 bridgehead atoms. The van der Waals surface area contributed by atoms with E-state index >= 15 is 0 Å². The van der Waals surface area contributed by atoms with Crippen LogP contribution < -0.4 is 37.1 Å². The van der Waals surface area contributed by atoms with Crippen LogP contribution in [0.1, 0.15) is 74.2 Å². The standard InChI is InChI=1S/C45H42N6O11/c1-24(2)62-39-35(21-20-34(38(39)54)43(58)48-31-16-10-29(11-17-31)45(60)61)50-41(56)27-8-14-32(15-9-27)49-44(59)36(23-37(46)53)51-42(57)28-6-12-30(13-7-28)47-40(55)25(3)22-26-4-18-33(52)19-5-26/h4-22,24,36,52,54H,23H2,1-3H3,(H2,46,53)(H,47,55)(H,48,58)(H,49,59)(H,50,56)(H,51,57)(H,60,61). The van der Waals surface area contributed by atoms with Crippen molar-refractivity contribution in [2.75, 3.05) is 21.3 Å². The zero-order chi connectivity index (χ0) is 45.1. The first-order chi connectivity index (χ1) is 29.5. The zero-order valence-electron chi connectivity index (χ0n) is 33.5. The second-order valence-corrected chi connectivity index (χ2v) is 14.0. The lowest BCUT2D eigenvalue weighted by molar-refractivity contribution is -0.123. The van der Waals surface area contributed by atoms with Gasteiger partial charge in [0.2, 0.25) is 11.8 Å². The van der Waals surface area contributed by atoms with Crippen LogP contribution in [0.4, 0.5) is 22.7 Å². The monoisotopic (exact) mass is 842 g/mol. The van der Waals surface area contributed by atoms with Crippen molar-refractivity contribution in [3.8, 4) is 17.2 Å². The highest BCUT2D eigenvalue weighted by Gasteiger charge is 2.25. The molecule has 6 amide bonds. The van der Waals surface area contributed by atoms with Crippen molar-refractivity contribution in [1.29, 1.82) is 0 Å². The smallest absolute Gasteiger partial charge is 0.335 e. The van der Waals surface area contributed by atoms with Crippen molar-refractivity contribution in [2.24, 2.45) is 5.73 Å². The molecule has 0 saturated heterocycles. The third-order valence-corrected chi connectivity index (χ3v) is 8.85. The molecule has 5 aromatic carbocycles. The molecule has 0 heterocycles. The van der Waals surface area contributed by atoms with Crippen molar-refractivity contribution in [2.45, 2.75) is 39.3 Å². The largest absolute Gasteiger partial charge is 0.508 e. The number of amides is 6. The number of primary amides is 1. The first kappa shape index (κ1) is 44.6. The number of aromatic carboxylic acids is 1. The van der Waals surface area contributed by atoms with Crippen LogP contribution in [0, 0.1) is 0 Å². The summed E-state index contributed by atoms with van der Waals surface area (Å²) in [6.45, 7) is 4.98. The van der Waals surface area contributed by atoms with Gasteiger partial charge in [-0.25, -0.2) is 4.79 Å². The Morgan fingerprint density at radius 2 is 1.18 bits per heavy atom. The molecular weight excluding hydrogens is 801 g/mol. The molecule has 17 nitrogen and oxygen atoms in total. The number of phenols is 2. The van der Waals surface area contributed by atoms with E-state index in [1.165, 1.54) is 97.1 Å². The minimum atomic E-state index is -1.38. The molecule has 0 spiro atoms. The van der Waals surface area contributed by atoms with Gasteiger partial charge in [0.15, 0.2) is 11.5 Å². The van der Waals surface area contributed by atoms with E-state index in [-0.39, 0.29) is 50.8 Å². The van der Waals surface area contributed by atoms with Crippen molar-refractivity contribution in [3.63, 3.8) is 0 Å². The van der Waals surface area contributed by atoms with Gasteiger partial charge >= 0.3 is 5.97 Å². The third-order valence-electron chi connectivity index (χ3n) is 8.85. The van der Waals surface area contributed by atoms with Gasteiger partial charge in [-0.05, 0) is 129 Å². The van der Waals surface area contributed by atoms with E-state index in [1.807, 2.05) is 0 Å². The lowest BCUT2D eigenvalue weighted by atomic mass is 10.1. The van der Waals surface area contributed by atoms with Crippen molar-refractivity contribution < 1.29 is 53.6 Å². The Balaban J connectivity index is 1.20. The highest BCUT2D eigenvalue weighted by Crippen LogP contribution is 2.39. The van der Waals surface area contributed by atoms with Gasteiger partial charge in [0.05, 0.1) is 29.3 Å². The molecule has 0 aromatic heterocycles. The lowest BCUT2D eigenvalue weighted by Gasteiger charge is -2.19.